The molecule has 3 aromatic rings. The number of hydrogen-bond donors (Lipinski definition) is 1. The standard InChI is InChI=1S/C14H11BrN2O4S2/c1-9-12(15)13(21-16-9)17-23(18,19)11-7-8-22-14(11)20-10-5-3-2-4-6-10/h2-8,17H,1H3. The molecule has 1 N–H and O–H groups in total. The Hall–Kier alpha value is -1.84. The van der Waals surface area contributed by atoms with Crippen LogP contribution in [0.5, 0.6) is 10.8 Å². The lowest BCUT2D eigenvalue weighted by Crippen LogP contribution is -2.12. The summed E-state index contributed by atoms with van der Waals surface area (Å²) < 4.78 is 38.5. The van der Waals surface area contributed by atoms with E-state index in [0.29, 0.717) is 15.9 Å². The summed E-state index contributed by atoms with van der Waals surface area (Å²) in [5, 5.41) is 5.61. The van der Waals surface area contributed by atoms with Crippen LogP contribution in [0.3, 0.4) is 0 Å². The lowest BCUT2D eigenvalue weighted by molar-refractivity contribution is 0.430. The molecule has 0 saturated heterocycles. The van der Waals surface area contributed by atoms with Crippen LogP contribution in [0.1, 0.15) is 5.69 Å². The molecular weight excluding hydrogens is 404 g/mol. The first-order valence-corrected chi connectivity index (χ1v) is 9.58. The normalized spacial score (nSPS) is 11.4. The molecule has 0 radical (unpaired) electrons. The highest BCUT2D eigenvalue weighted by atomic mass is 79.9. The fraction of sp³-hybridized carbons (Fsp3) is 0.0714. The molecule has 0 fully saturated rings. The number of rotatable bonds is 5. The number of nitrogens with zero attached hydrogens (tertiary/aromatic N) is 1. The smallest absolute Gasteiger partial charge is 0.268 e. The van der Waals surface area contributed by atoms with Gasteiger partial charge in [-0.25, -0.2) is 13.1 Å². The van der Waals surface area contributed by atoms with E-state index < -0.39 is 10.0 Å². The lowest BCUT2D eigenvalue weighted by Gasteiger charge is -2.08. The minimum absolute atomic E-state index is 0.0272. The van der Waals surface area contributed by atoms with E-state index in [-0.39, 0.29) is 15.8 Å². The van der Waals surface area contributed by atoms with Crippen molar-refractivity contribution in [3.05, 3.63) is 51.9 Å². The molecule has 120 valence electrons. The van der Waals surface area contributed by atoms with E-state index in [0.717, 1.165) is 0 Å². The van der Waals surface area contributed by atoms with Gasteiger partial charge in [0.2, 0.25) is 5.06 Å². The molecule has 1 aromatic carbocycles. The van der Waals surface area contributed by atoms with Gasteiger partial charge in [0.15, 0.2) is 0 Å². The molecule has 9 heteroatoms. The molecule has 0 aliphatic heterocycles. The quantitative estimate of drug-likeness (QED) is 0.668. The van der Waals surface area contributed by atoms with Crippen molar-refractivity contribution in [1.29, 1.82) is 0 Å². The molecule has 23 heavy (non-hydrogen) atoms. The van der Waals surface area contributed by atoms with Gasteiger partial charge >= 0.3 is 0 Å². The molecule has 0 unspecified atom stereocenters. The van der Waals surface area contributed by atoms with E-state index >= 15 is 0 Å². The number of anilines is 1. The topological polar surface area (TPSA) is 81.4 Å². The van der Waals surface area contributed by atoms with Crippen molar-refractivity contribution in [2.45, 2.75) is 11.8 Å². The highest BCUT2D eigenvalue weighted by Crippen LogP contribution is 2.36. The Kier molecular flexibility index (Phi) is 4.42. The molecule has 0 aliphatic rings. The average Bonchev–Trinajstić information content (AvgIpc) is 3.11. The summed E-state index contributed by atoms with van der Waals surface area (Å²) in [4.78, 5) is 0.0345. The maximum Gasteiger partial charge on any atom is 0.268 e. The van der Waals surface area contributed by atoms with Crippen LogP contribution in [0, 0.1) is 6.92 Å². The number of thiophene rings is 1. The zero-order valence-electron chi connectivity index (χ0n) is 11.8. The van der Waals surface area contributed by atoms with Crippen molar-refractivity contribution in [3.8, 4) is 10.8 Å². The van der Waals surface area contributed by atoms with E-state index in [1.165, 1.54) is 17.4 Å². The number of para-hydroxylation sites is 1. The van der Waals surface area contributed by atoms with Gasteiger partial charge in [-0.3, -0.25) is 0 Å². The summed E-state index contributed by atoms with van der Waals surface area (Å²) in [6.45, 7) is 1.69. The minimum atomic E-state index is -3.86. The van der Waals surface area contributed by atoms with Crippen molar-refractivity contribution in [2.75, 3.05) is 4.72 Å². The fourth-order valence-electron chi connectivity index (χ4n) is 1.75. The lowest BCUT2D eigenvalue weighted by atomic mass is 10.3. The van der Waals surface area contributed by atoms with Gasteiger partial charge in [-0.15, -0.1) is 11.3 Å². The van der Waals surface area contributed by atoms with Gasteiger partial charge < -0.3 is 9.26 Å². The first kappa shape index (κ1) is 16.0. The zero-order chi connectivity index (χ0) is 16.4. The molecule has 2 aromatic heterocycles. The SMILES string of the molecule is Cc1noc(NS(=O)(=O)c2ccsc2Oc2ccccc2)c1Br. The van der Waals surface area contributed by atoms with Gasteiger partial charge in [0.05, 0.1) is 5.69 Å². The molecule has 0 spiro atoms. The van der Waals surface area contributed by atoms with E-state index in [1.807, 2.05) is 18.2 Å². The highest BCUT2D eigenvalue weighted by Gasteiger charge is 2.25. The Labute approximate surface area is 145 Å². The highest BCUT2D eigenvalue weighted by molar-refractivity contribution is 9.10. The number of benzene rings is 1. The maximum absolute atomic E-state index is 12.5. The summed E-state index contributed by atoms with van der Waals surface area (Å²) in [7, 11) is -3.86. The largest absolute Gasteiger partial charge is 0.445 e. The van der Waals surface area contributed by atoms with Gasteiger partial charge in [-0.2, -0.15) is 0 Å². The second kappa shape index (κ2) is 6.34. The van der Waals surface area contributed by atoms with Crippen LogP contribution in [0.4, 0.5) is 5.88 Å². The van der Waals surface area contributed by atoms with Crippen LogP contribution in [0.2, 0.25) is 0 Å². The molecule has 0 aliphatic carbocycles. The summed E-state index contributed by atoms with van der Waals surface area (Å²) in [5.41, 5.74) is 0.550. The molecule has 0 saturated carbocycles. The van der Waals surface area contributed by atoms with Crippen LogP contribution >= 0.6 is 27.3 Å². The fourth-order valence-corrected chi connectivity index (χ4v) is 4.34. The van der Waals surface area contributed by atoms with Crippen molar-refractivity contribution >= 4 is 43.2 Å². The Morgan fingerprint density at radius 2 is 2.00 bits per heavy atom. The van der Waals surface area contributed by atoms with E-state index in [9.17, 15) is 8.42 Å². The number of nitrogens with one attached hydrogen (secondary N) is 1. The molecule has 0 bridgehead atoms. The van der Waals surface area contributed by atoms with E-state index in [4.69, 9.17) is 9.26 Å². The van der Waals surface area contributed by atoms with Crippen molar-refractivity contribution < 1.29 is 17.7 Å². The third-order valence-corrected chi connectivity index (χ3v) is 6.06. The van der Waals surface area contributed by atoms with Crippen molar-refractivity contribution in [2.24, 2.45) is 0 Å². The van der Waals surface area contributed by atoms with Crippen LogP contribution in [0.25, 0.3) is 0 Å². The second-order valence-corrected chi connectivity index (χ2v) is 7.83. The zero-order valence-corrected chi connectivity index (χ0v) is 15.0. The summed E-state index contributed by atoms with van der Waals surface area (Å²) >= 11 is 4.42. The second-order valence-electron chi connectivity index (χ2n) is 4.50. The number of sulfonamides is 1. The predicted octanol–water partition coefficient (Wildman–Crippen LogP) is 4.40. The van der Waals surface area contributed by atoms with Gasteiger partial charge in [0.25, 0.3) is 15.9 Å². The van der Waals surface area contributed by atoms with Crippen LogP contribution in [-0.2, 0) is 10.0 Å². The van der Waals surface area contributed by atoms with Gasteiger partial charge in [-0.05, 0) is 46.4 Å². The Morgan fingerprint density at radius 1 is 1.26 bits per heavy atom. The van der Waals surface area contributed by atoms with Crippen molar-refractivity contribution in [3.63, 3.8) is 0 Å². The molecule has 0 amide bonds. The van der Waals surface area contributed by atoms with Crippen LogP contribution in [-0.4, -0.2) is 13.6 Å². The number of halogens is 1. The average molecular weight is 415 g/mol. The molecule has 2 heterocycles. The monoisotopic (exact) mass is 414 g/mol. The Bertz CT molecular complexity index is 919. The third kappa shape index (κ3) is 3.41. The van der Waals surface area contributed by atoms with Gasteiger partial charge in [0, 0.05) is 0 Å². The summed E-state index contributed by atoms with van der Waals surface area (Å²) in [6.07, 6.45) is 0. The molecule has 3 rings (SSSR count). The number of hydrogen-bond acceptors (Lipinski definition) is 6. The summed E-state index contributed by atoms with van der Waals surface area (Å²) in [5.74, 6) is 0.586. The van der Waals surface area contributed by atoms with Crippen molar-refractivity contribution in [1.82, 2.24) is 5.16 Å². The molecular formula is C14H11BrN2O4S2. The number of aryl methyl sites for hydroxylation is 1. The molecule has 6 nitrogen and oxygen atoms in total. The van der Waals surface area contributed by atoms with Crippen LogP contribution < -0.4 is 9.46 Å². The van der Waals surface area contributed by atoms with E-state index in [1.54, 1.807) is 24.4 Å². The predicted molar refractivity (Wildman–Crippen MR) is 90.6 cm³/mol. The summed E-state index contributed by atoms with van der Waals surface area (Å²) in [6, 6.07) is 10.4. The van der Waals surface area contributed by atoms with Gasteiger partial charge in [0.1, 0.15) is 15.1 Å². The Balaban J connectivity index is 1.89. The van der Waals surface area contributed by atoms with E-state index in [2.05, 4.69) is 25.8 Å². The first-order chi connectivity index (χ1) is 11.0. The van der Waals surface area contributed by atoms with Gasteiger partial charge in [-0.1, -0.05) is 23.4 Å². The number of aromatic nitrogens is 1. The van der Waals surface area contributed by atoms with Crippen LogP contribution in [0.15, 0.2) is 55.7 Å². The third-order valence-electron chi connectivity index (χ3n) is 2.86. The maximum atomic E-state index is 12.5. The first-order valence-electron chi connectivity index (χ1n) is 6.42. The number of ether oxygens (including phenoxy) is 1. The minimum Gasteiger partial charge on any atom is -0.445 e. The Morgan fingerprint density at radius 3 is 2.65 bits per heavy atom. The molecule has 0 atom stereocenters.